The Morgan fingerprint density at radius 2 is 1.82 bits per heavy atom. The van der Waals surface area contributed by atoms with Crippen LogP contribution in [0.3, 0.4) is 0 Å². The maximum Gasteiger partial charge on any atom is 0.435 e. The van der Waals surface area contributed by atoms with Gasteiger partial charge in [-0.25, -0.2) is 4.21 Å². The fourth-order valence-corrected chi connectivity index (χ4v) is 4.63. The summed E-state index contributed by atoms with van der Waals surface area (Å²) in [6.45, 7) is 1.89. The van der Waals surface area contributed by atoms with E-state index in [4.69, 9.17) is 0 Å². The van der Waals surface area contributed by atoms with Crippen LogP contribution in [0.5, 0.6) is 0 Å². The standard InChI is InChI=1S/C18H16F3N3O2S2/c1-11-4-6-12(7-5-11)28(3,26)23-17(25)15-9-8-14(27-15)13-10-16(18(19,20)21)22-24(13)2/h4-10H,1-3H3/t28-/m0/s1. The second-order valence-corrected chi connectivity index (χ2v) is 9.55. The third-order valence-electron chi connectivity index (χ3n) is 3.95. The first-order valence-corrected chi connectivity index (χ1v) is 10.8. The van der Waals surface area contributed by atoms with Crippen LogP contribution in [0, 0.1) is 6.92 Å². The first kappa shape index (κ1) is 20.3. The molecule has 0 spiro atoms. The molecule has 2 aromatic heterocycles. The largest absolute Gasteiger partial charge is 0.435 e. The molecule has 148 valence electrons. The highest BCUT2D eigenvalue weighted by molar-refractivity contribution is 7.93. The van der Waals surface area contributed by atoms with Gasteiger partial charge in [-0.2, -0.15) is 22.6 Å². The van der Waals surface area contributed by atoms with Gasteiger partial charge in [0.05, 0.1) is 25.2 Å². The van der Waals surface area contributed by atoms with Crippen molar-refractivity contribution in [2.24, 2.45) is 11.4 Å². The Kier molecular flexibility index (Phi) is 5.20. The van der Waals surface area contributed by atoms with Gasteiger partial charge in [0.15, 0.2) is 5.69 Å². The van der Waals surface area contributed by atoms with Crippen molar-refractivity contribution >= 4 is 27.0 Å². The Balaban J connectivity index is 1.92. The fourth-order valence-electron chi connectivity index (χ4n) is 2.47. The summed E-state index contributed by atoms with van der Waals surface area (Å²) < 4.78 is 56.2. The summed E-state index contributed by atoms with van der Waals surface area (Å²) in [5, 5.41) is 3.46. The minimum atomic E-state index is -4.55. The van der Waals surface area contributed by atoms with Crippen molar-refractivity contribution in [1.29, 1.82) is 0 Å². The number of halogens is 3. The van der Waals surface area contributed by atoms with Crippen LogP contribution in [-0.2, 0) is 23.0 Å². The lowest BCUT2D eigenvalue weighted by atomic mass is 10.2. The lowest BCUT2D eigenvalue weighted by molar-refractivity contribution is -0.141. The summed E-state index contributed by atoms with van der Waals surface area (Å²) in [5.74, 6) is -0.678. The van der Waals surface area contributed by atoms with E-state index in [0.717, 1.165) is 27.6 Å². The predicted octanol–water partition coefficient (Wildman–Crippen LogP) is 4.77. The number of rotatable bonds is 3. The molecule has 0 unspecified atom stereocenters. The zero-order chi connectivity index (χ0) is 20.7. The normalized spacial score (nSPS) is 13.9. The van der Waals surface area contributed by atoms with Crippen molar-refractivity contribution in [2.45, 2.75) is 18.0 Å². The zero-order valence-corrected chi connectivity index (χ0v) is 16.8. The molecule has 0 bridgehead atoms. The Bertz CT molecular complexity index is 1150. The number of aromatic nitrogens is 2. The van der Waals surface area contributed by atoms with E-state index >= 15 is 0 Å². The molecule has 28 heavy (non-hydrogen) atoms. The zero-order valence-electron chi connectivity index (χ0n) is 15.1. The van der Waals surface area contributed by atoms with E-state index in [9.17, 15) is 22.2 Å². The molecule has 1 atom stereocenters. The quantitative estimate of drug-likeness (QED) is 0.605. The highest BCUT2D eigenvalue weighted by Gasteiger charge is 2.34. The Labute approximate surface area is 164 Å². The number of thiophene rings is 1. The van der Waals surface area contributed by atoms with Crippen molar-refractivity contribution in [3.05, 3.63) is 58.6 Å². The number of carbonyl (C=O) groups excluding carboxylic acids is 1. The number of benzene rings is 1. The average Bonchev–Trinajstić information content (AvgIpc) is 3.21. The smallest absolute Gasteiger partial charge is 0.267 e. The molecule has 0 saturated heterocycles. The summed E-state index contributed by atoms with van der Waals surface area (Å²) in [4.78, 5) is 13.5. The van der Waals surface area contributed by atoms with Crippen molar-refractivity contribution in [3.63, 3.8) is 0 Å². The van der Waals surface area contributed by atoms with Gasteiger partial charge in [0.1, 0.15) is 0 Å². The third kappa shape index (κ3) is 4.17. The number of hydrogen-bond donors (Lipinski definition) is 0. The number of alkyl halides is 3. The summed E-state index contributed by atoms with van der Waals surface area (Å²) in [6.07, 6.45) is -3.18. The van der Waals surface area contributed by atoms with Crippen molar-refractivity contribution < 1.29 is 22.2 Å². The van der Waals surface area contributed by atoms with E-state index in [2.05, 4.69) is 9.46 Å². The van der Waals surface area contributed by atoms with Crippen LogP contribution in [-0.4, -0.2) is 26.2 Å². The van der Waals surface area contributed by atoms with Gasteiger partial charge >= 0.3 is 6.18 Å². The average molecular weight is 427 g/mol. The van der Waals surface area contributed by atoms with Gasteiger partial charge in [-0.05, 0) is 37.3 Å². The van der Waals surface area contributed by atoms with Gasteiger partial charge in [0.2, 0.25) is 0 Å². The van der Waals surface area contributed by atoms with E-state index in [-0.39, 0.29) is 10.6 Å². The number of aryl methyl sites for hydroxylation is 2. The van der Waals surface area contributed by atoms with Gasteiger partial charge in [0, 0.05) is 18.2 Å². The second kappa shape index (κ2) is 7.17. The molecule has 0 aliphatic rings. The maximum atomic E-state index is 12.8. The van der Waals surface area contributed by atoms with Gasteiger partial charge in [0.25, 0.3) is 5.91 Å². The van der Waals surface area contributed by atoms with Crippen LogP contribution in [0.15, 0.2) is 51.7 Å². The monoisotopic (exact) mass is 427 g/mol. The number of nitrogens with zero attached hydrogens (tertiary/aromatic N) is 3. The van der Waals surface area contributed by atoms with Crippen LogP contribution in [0.1, 0.15) is 20.9 Å². The number of carbonyl (C=O) groups is 1. The molecule has 2 heterocycles. The maximum absolute atomic E-state index is 12.8. The van der Waals surface area contributed by atoms with Crippen molar-refractivity contribution in [2.75, 3.05) is 6.26 Å². The van der Waals surface area contributed by atoms with Crippen LogP contribution in [0.2, 0.25) is 0 Å². The summed E-state index contributed by atoms with van der Waals surface area (Å²) >= 11 is 0.974. The van der Waals surface area contributed by atoms with Gasteiger partial charge in [-0.1, -0.05) is 17.7 Å². The van der Waals surface area contributed by atoms with E-state index in [1.165, 1.54) is 25.4 Å². The Morgan fingerprint density at radius 1 is 1.18 bits per heavy atom. The van der Waals surface area contributed by atoms with E-state index in [1.807, 2.05) is 6.92 Å². The first-order chi connectivity index (χ1) is 13.0. The molecule has 3 rings (SSSR count). The molecule has 0 aliphatic carbocycles. The molecule has 10 heteroatoms. The molecular formula is C18H16F3N3O2S2. The summed E-state index contributed by atoms with van der Waals surface area (Å²) in [6, 6.07) is 10.8. The third-order valence-corrected chi connectivity index (χ3v) is 6.71. The van der Waals surface area contributed by atoms with Gasteiger partial charge in [-0.3, -0.25) is 9.48 Å². The molecule has 5 nitrogen and oxygen atoms in total. The van der Waals surface area contributed by atoms with Gasteiger partial charge in [-0.15, -0.1) is 11.3 Å². The highest BCUT2D eigenvalue weighted by atomic mass is 32.2. The molecular weight excluding hydrogens is 411 g/mol. The molecule has 1 amide bonds. The summed E-state index contributed by atoms with van der Waals surface area (Å²) in [5.41, 5.74) is 0.210. The van der Waals surface area contributed by atoms with E-state index < -0.39 is 27.5 Å². The van der Waals surface area contributed by atoms with Crippen LogP contribution < -0.4 is 0 Å². The second-order valence-electron chi connectivity index (χ2n) is 6.21. The van der Waals surface area contributed by atoms with Crippen LogP contribution >= 0.6 is 11.3 Å². The van der Waals surface area contributed by atoms with Gasteiger partial charge < -0.3 is 0 Å². The molecule has 1 aromatic carbocycles. The van der Waals surface area contributed by atoms with Crippen LogP contribution in [0.4, 0.5) is 13.2 Å². The number of hydrogen-bond acceptors (Lipinski definition) is 4. The Morgan fingerprint density at radius 3 is 2.39 bits per heavy atom. The molecule has 0 saturated carbocycles. The SMILES string of the molecule is Cc1ccc([S@](C)(=O)=NC(=O)c2ccc(-c3cc(C(F)(F)F)nn3C)s2)cc1. The number of amides is 1. The minimum Gasteiger partial charge on any atom is -0.267 e. The summed E-state index contributed by atoms with van der Waals surface area (Å²) in [7, 11) is -1.54. The molecule has 0 N–H and O–H groups in total. The molecule has 0 aliphatic heterocycles. The molecule has 0 radical (unpaired) electrons. The lowest BCUT2D eigenvalue weighted by Gasteiger charge is -2.03. The predicted molar refractivity (Wildman–Crippen MR) is 102 cm³/mol. The Hall–Kier alpha value is -2.46. The van der Waals surface area contributed by atoms with Crippen molar-refractivity contribution in [1.82, 2.24) is 9.78 Å². The van der Waals surface area contributed by atoms with Crippen molar-refractivity contribution in [3.8, 4) is 10.6 Å². The van der Waals surface area contributed by atoms with E-state index in [1.54, 1.807) is 24.3 Å². The first-order valence-electron chi connectivity index (χ1n) is 8.02. The lowest BCUT2D eigenvalue weighted by Crippen LogP contribution is -2.06. The van der Waals surface area contributed by atoms with E-state index in [0.29, 0.717) is 9.77 Å². The molecule has 3 aromatic rings. The highest BCUT2D eigenvalue weighted by Crippen LogP contribution is 2.34. The van der Waals surface area contributed by atoms with Crippen LogP contribution in [0.25, 0.3) is 10.6 Å². The fraction of sp³-hybridized carbons (Fsp3) is 0.222. The topological polar surface area (TPSA) is 64.3 Å². The molecule has 0 fully saturated rings. The minimum absolute atomic E-state index is 0.187.